The smallest absolute Gasteiger partial charge is 0.259 e. The van der Waals surface area contributed by atoms with E-state index in [0.717, 1.165) is 0 Å². The molecule has 9 nitrogen and oxygen atoms in total. The summed E-state index contributed by atoms with van der Waals surface area (Å²) in [6.07, 6.45) is 0. The van der Waals surface area contributed by atoms with Gasteiger partial charge >= 0.3 is 0 Å². The van der Waals surface area contributed by atoms with E-state index in [2.05, 4.69) is 19.9 Å². The van der Waals surface area contributed by atoms with Crippen LogP contribution in [0.2, 0.25) is 5.02 Å². The van der Waals surface area contributed by atoms with E-state index in [1.54, 1.807) is 0 Å². The van der Waals surface area contributed by atoms with E-state index in [9.17, 15) is 24.6 Å². The van der Waals surface area contributed by atoms with E-state index in [1.165, 1.54) is 24.3 Å². The minimum absolute atomic E-state index is 0.0805. The highest BCUT2D eigenvalue weighted by molar-refractivity contribution is 7.71. The van der Waals surface area contributed by atoms with Crippen molar-refractivity contribution in [3.8, 4) is 11.8 Å². The molecule has 3 aromatic rings. The Labute approximate surface area is 170 Å². The van der Waals surface area contributed by atoms with Crippen molar-refractivity contribution in [2.45, 2.75) is 5.92 Å². The third kappa shape index (κ3) is 3.67. The van der Waals surface area contributed by atoms with Crippen molar-refractivity contribution in [1.82, 2.24) is 19.9 Å². The summed E-state index contributed by atoms with van der Waals surface area (Å²) >= 11 is 15.4. The van der Waals surface area contributed by atoms with Crippen LogP contribution in [0.15, 0.2) is 33.9 Å². The lowest BCUT2D eigenvalue weighted by Crippen LogP contribution is -2.29. The van der Waals surface area contributed by atoms with Gasteiger partial charge in [0.2, 0.25) is 11.8 Å². The topological polar surface area (TPSA) is 155 Å². The summed E-state index contributed by atoms with van der Waals surface area (Å²) in [5.74, 6) is -3.87. The highest BCUT2D eigenvalue weighted by Crippen LogP contribution is 2.32. The van der Waals surface area contributed by atoms with Gasteiger partial charge in [0.1, 0.15) is 0 Å². The average Bonchev–Trinajstić information content (AvgIpc) is 2.58. The number of H-pyrrole nitrogens is 4. The Balaban J connectivity index is 2.36. The molecule has 2 heterocycles. The molecule has 6 N–H and O–H groups in total. The molecule has 2 aromatic heterocycles. The number of carbonyl (C=O) groups excluding carboxylic acids is 1. The van der Waals surface area contributed by atoms with E-state index in [4.69, 9.17) is 36.0 Å². The summed E-state index contributed by atoms with van der Waals surface area (Å²) < 4.78 is -0.371. The summed E-state index contributed by atoms with van der Waals surface area (Å²) in [5.41, 5.74) is -2.73. The van der Waals surface area contributed by atoms with Gasteiger partial charge in [-0.25, -0.2) is 0 Å². The van der Waals surface area contributed by atoms with Crippen molar-refractivity contribution in [2.75, 3.05) is 0 Å². The normalized spacial score (nSPS) is 10.9. The van der Waals surface area contributed by atoms with Gasteiger partial charge in [-0.05, 0) is 48.7 Å². The molecule has 0 radical (unpaired) electrons. The van der Waals surface area contributed by atoms with Crippen LogP contribution in [0, 0.1) is 9.54 Å². The van der Waals surface area contributed by atoms with Gasteiger partial charge in [0.15, 0.2) is 15.3 Å². The Morgan fingerprint density at radius 2 is 1.29 bits per heavy atom. The van der Waals surface area contributed by atoms with E-state index < -0.39 is 45.7 Å². The zero-order chi connectivity index (χ0) is 20.6. The van der Waals surface area contributed by atoms with Gasteiger partial charge in [-0.3, -0.25) is 24.4 Å². The van der Waals surface area contributed by atoms with E-state index in [0.29, 0.717) is 5.02 Å². The van der Waals surface area contributed by atoms with Crippen molar-refractivity contribution in [2.24, 2.45) is 0 Å². The van der Waals surface area contributed by atoms with Crippen molar-refractivity contribution in [3.05, 3.63) is 76.2 Å². The molecule has 0 fully saturated rings. The van der Waals surface area contributed by atoms with Crippen LogP contribution in [0.5, 0.6) is 11.8 Å². The summed E-state index contributed by atoms with van der Waals surface area (Å²) in [6.45, 7) is 0. The van der Waals surface area contributed by atoms with Gasteiger partial charge in [-0.1, -0.05) is 11.6 Å². The Morgan fingerprint density at radius 3 is 1.68 bits per heavy atom. The lowest BCUT2D eigenvalue weighted by Gasteiger charge is -2.17. The number of aromatic amines is 4. The van der Waals surface area contributed by atoms with Crippen molar-refractivity contribution >= 4 is 41.8 Å². The number of rotatable bonds is 4. The number of ketones is 1. The molecule has 0 spiro atoms. The largest absolute Gasteiger partial charge is 0.494 e. The van der Waals surface area contributed by atoms with Crippen LogP contribution >= 0.6 is 36.0 Å². The molecule has 144 valence electrons. The lowest BCUT2D eigenvalue weighted by atomic mass is 9.86. The first-order valence-corrected chi connectivity index (χ1v) is 8.79. The molecule has 0 bridgehead atoms. The average molecular weight is 439 g/mol. The number of Topliss-reactive ketones (excluding diaryl/α,β-unsaturated/α-hetero) is 1. The van der Waals surface area contributed by atoms with Crippen LogP contribution in [0.4, 0.5) is 0 Å². The molecule has 0 saturated carbocycles. The number of benzene rings is 1. The first kappa shape index (κ1) is 19.7. The fourth-order valence-corrected chi connectivity index (χ4v) is 3.20. The minimum atomic E-state index is -1.67. The number of nitrogens with one attached hydrogen (secondary N) is 4. The standard InChI is InChI=1S/C16H11ClN4O5S2/c17-6-3-1-5(2-4-6)10(22)7(8-11(23)18-15(27)19-12(8)24)9-13(25)20-16(28)21-14(9)26/h1-4,7H,(H3,18,19,23,24,27)(H3,20,21,25,26,28). The molecule has 0 unspecified atom stereocenters. The van der Waals surface area contributed by atoms with Crippen LogP contribution in [0.1, 0.15) is 27.4 Å². The summed E-state index contributed by atoms with van der Waals surface area (Å²) in [4.78, 5) is 47.2. The van der Waals surface area contributed by atoms with Crippen LogP contribution in [0.25, 0.3) is 0 Å². The lowest BCUT2D eigenvalue weighted by molar-refractivity contribution is 0.0969. The quantitative estimate of drug-likeness (QED) is 0.269. The zero-order valence-corrected chi connectivity index (χ0v) is 16.1. The zero-order valence-electron chi connectivity index (χ0n) is 13.7. The SMILES string of the molecule is O=C(c1ccc(Cl)cc1)C(c1c(O)[nH]c(=S)[nH]c1=O)c1c(O)[nH]c(=S)[nH]c1=O. The molecule has 1 aromatic carbocycles. The Morgan fingerprint density at radius 1 is 0.857 bits per heavy atom. The minimum Gasteiger partial charge on any atom is -0.494 e. The second-order valence-corrected chi connectivity index (χ2v) is 6.90. The fraction of sp³-hybridized carbons (Fsp3) is 0.0625. The summed E-state index contributed by atoms with van der Waals surface area (Å²) in [6, 6.07) is 5.64. The van der Waals surface area contributed by atoms with E-state index >= 15 is 0 Å². The van der Waals surface area contributed by atoms with Crippen molar-refractivity contribution in [3.63, 3.8) is 0 Å². The predicted octanol–water partition coefficient (Wildman–Crippen LogP) is 2.26. The van der Waals surface area contributed by atoms with Crippen LogP contribution in [-0.4, -0.2) is 35.9 Å². The van der Waals surface area contributed by atoms with Gasteiger partial charge in [0, 0.05) is 10.6 Å². The highest BCUT2D eigenvalue weighted by Gasteiger charge is 2.34. The van der Waals surface area contributed by atoms with Crippen LogP contribution in [-0.2, 0) is 0 Å². The molecule has 28 heavy (non-hydrogen) atoms. The molecule has 3 rings (SSSR count). The maximum absolute atomic E-state index is 13.2. The molecular weight excluding hydrogens is 428 g/mol. The summed E-state index contributed by atoms with van der Waals surface area (Å²) in [7, 11) is 0. The molecule has 0 aliphatic heterocycles. The van der Waals surface area contributed by atoms with Crippen LogP contribution in [0.3, 0.4) is 0 Å². The van der Waals surface area contributed by atoms with Crippen molar-refractivity contribution in [1.29, 1.82) is 0 Å². The number of carbonyl (C=O) groups is 1. The fourth-order valence-electron chi connectivity index (χ4n) is 2.69. The van der Waals surface area contributed by atoms with E-state index in [-0.39, 0.29) is 15.1 Å². The monoisotopic (exact) mass is 438 g/mol. The van der Waals surface area contributed by atoms with Gasteiger partial charge in [0.05, 0.1) is 17.0 Å². The van der Waals surface area contributed by atoms with Gasteiger partial charge in [0.25, 0.3) is 11.1 Å². The third-order valence-corrected chi connectivity index (χ3v) is 4.55. The second-order valence-electron chi connectivity index (χ2n) is 5.65. The number of hydrogen-bond acceptors (Lipinski definition) is 7. The predicted molar refractivity (Wildman–Crippen MR) is 105 cm³/mol. The van der Waals surface area contributed by atoms with Gasteiger partial charge < -0.3 is 20.2 Å². The highest BCUT2D eigenvalue weighted by atomic mass is 35.5. The van der Waals surface area contributed by atoms with Crippen molar-refractivity contribution < 1.29 is 15.0 Å². The Kier molecular flexibility index (Phi) is 5.31. The molecule has 0 atom stereocenters. The summed E-state index contributed by atoms with van der Waals surface area (Å²) in [5, 5.41) is 20.8. The maximum Gasteiger partial charge on any atom is 0.259 e. The third-order valence-electron chi connectivity index (χ3n) is 3.89. The van der Waals surface area contributed by atoms with Crippen LogP contribution < -0.4 is 11.1 Å². The van der Waals surface area contributed by atoms with E-state index in [1.807, 2.05) is 0 Å². The number of aromatic hydroxyl groups is 2. The molecule has 12 heteroatoms. The number of hydrogen-bond donors (Lipinski definition) is 6. The Hall–Kier alpha value is -3.02. The van der Waals surface area contributed by atoms with Gasteiger partial charge in [-0.15, -0.1) is 0 Å². The molecule has 0 aliphatic rings. The first-order valence-electron chi connectivity index (χ1n) is 7.59. The molecule has 0 aliphatic carbocycles. The maximum atomic E-state index is 13.2. The van der Waals surface area contributed by atoms with Gasteiger partial charge in [-0.2, -0.15) is 0 Å². The Bertz CT molecular complexity index is 1230. The number of halogens is 1. The molecular formula is C16H11ClN4O5S2. The second kappa shape index (κ2) is 7.54. The molecule has 0 amide bonds. The first-order chi connectivity index (χ1) is 13.2. The number of aromatic nitrogens is 4. The molecule has 0 saturated heterocycles.